The van der Waals surface area contributed by atoms with E-state index in [0.29, 0.717) is 16.3 Å². The van der Waals surface area contributed by atoms with E-state index in [9.17, 15) is 19.2 Å². The van der Waals surface area contributed by atoms with Crippen LogP contribution in [0.5, 0.6) is 0 Å². The summed E-state index contributed by atoms with van der Waals surface area (Å²) in [6, 6.07) is 5.72. The van der Waals surface area contributed by atoms with E-state index in [0.717, 1.165) is 27.2 Å². The Balaban J connectivity index is 1.29. The minimum Gasteiger partial charge on any atom is -0.326 e. The SMILES string of the molecule is CCc1cc(Cl)cc2sc(C(C)(C)NC(=O)Nc3ccc4c(n3)CN(C3CCC(=O)NC3=O)C4=O)nc12. The van der Waals surface area contributed by atoms with Crippen LogP contribution in [-0.2, 0) is 28.1 Å². The van der Waals surface area contributed by atoms with E-state index in [2.05, 4.69) is 20.9 Å². The van der Waals surface area contributed by atoms with Gasteiger partial charge in [-0.3, -0.25) is 25.0 Å². The molecule has 5 rings (SSSR count). The number of carbonyl (C=O) groups excluding carboxylic acids is 4. The number of nitrogens with zero attached hydrogens (tertiary/aromatic N) is 3. The number of hydrogen-bond donors (Lipinski definition) is 3. The number of aryl methyl sites for hydroxylation is 1. The number of imide groups is 1. The number of amides is 5. The van der Waals surface area contributed by atoms with Gasteiger partial charge < -0.3 is 10.2 Å². The predicted molar refractivity (Wildman–Crippen MR) is 139 cm³/mol. The second-order valence-electron chi connectivity index (χ2n) is 9.58. The number of hydrogen-bond acceptors (Lipinski definition) is 7. The zero-order chi connectivity index (χ0) is 26.5. The lowest BCUT2D eigenvalue weighted by molar-refractivity contribution is -0.136. The molecule has 2 aliphatic rings. The van der Waals surface area contributed by atoms with Gasteiger partial charge in [0, 0.05) is 11.4 Å². The molecule has 0 bridgehead atoms. The number of benzene rings is 1. The number of piperidine rings is 1. The molecule has 1 unspecified atom stereocenters. The van der Waals surface area contributed by atoms with Crippen molar-refractivity contribution in [3.8, 4) is 0 Å². The van der Waals surface area contributed by atoms with Crippen molar-refractivity contribution >= 4 is 62.7 Å². The molecule has 10 nitrogen and oxygen atoms in total. The lowest BCUT2D eigenvalue weighted by atomic mass is 10.0. The van der Waals surface area contributed by atoms with Crippen LogP contribution in [0.4, 0.5) is 10.6 Å². The van der Waals surface area contributed by atoms with E-state index in [4.69, 9.17) is 16.6 Å². The number of pyridine rings is 1. The molecule has 2 aromatic heterocycles. The fourth-order valence-electron chi connectivity index (χ4n) is 4.59. The van der Waals surface area contributed by atoms with Crippen molar-refractivity contribution in [3.05, 3.63) is 51.1 Å². The van der Waals surface area contributed by atoms with Crippen LogP contribution < -0.4 is 16.0 Å². The number of anilines is 1. The molecule has 0 spiro atoms. The summed E-state index contributed by atoms with van der Waals surface area (Å²) >= 11 is 7.73. The van der Waals surface area contributed by atoms with Gasteiger partial charge in [0.05, 0.1) is 33.6 Å². The number of thiazole rings is 1. The van der Waals surface area contributed by atoms with Gasteiger partial charge in [0.1, 0.15) is 16.9 Å². The smallest absolute Gasteiger partial charge is 0.321 e. The molecule has 37 heavy (non-hydrogen) atoms. The van der Waals surface area contributed by atoms with Crippen molar-refractivity contribution in [2.75, 3.05) is 5.32 Å². The second-order valence-corrected chi connectivity index (χ2v) is 11.0. The Bertz CT molecular complexity index is 1470. The molecule has 2 aliphatic heterocycles. The first-order valence-corrected chi connectivity index (χ1v) is 13.1. The zero-order valence-corrected chi connectivity index (χ0v) is 22.0. The zero-order valence-electron chi connectivity index (χ0n) is 20.5. The Morgan fingerprint density at radius 3 is 2.76 bits per heavy atom. The molecule has 192 valence electrons. The minimum absolute atomic E-state index is 0.122. The summed E-state index contributed by atoms with van der Waals surface area (Å²) in [6.45, 7) is 5.90. The summed E-state index contributed by atoms with van der Waals surface area (Å²) in [5.74, 6) is -0.879. The highest BCUT2D eigenvalue weighted by Gasteiger charge is 2.40. The Kier molecular flexibility index (Phi) is 6.36. The van der Waals surface area contributed by atoms with Crippen LogP contribution >= 0.6 is 22.9 Å². The number of aromatic nitrogens is 2. The maximum Gasteiger partial charge on any atom is 0.321 e. The summed E-state index contributed by atoms with van der Waals surface area (Å²) in [5, 5.41) is 9.34. The molecule has 0 aliphatic carbocycles. The van der Waals surface area contributed by atoms with E-state index in [1.165, 1.54) is 16.2 Å². The molecule has 1 fully saturated rings. The highest BCUT2D eigenvalue weighted by molar-refractivity contribution is 7.18. The number of halogens is 1. The average Bonchev–Trinajstić information content (AvgIpc) is 3.40. The molecule has 1 atom stereocenters. The summed E-state index contributed by atoms with van der Waals surface area (Å²) < 4.78 is 0.958. The van der Waals surface area contributed by atoms with E-state index in [-0.39, 0.29) is 37.0 Å². The molecule has 0 saturated carbocycles. The van der Waals surface area contributed by atoms with E-state index in [1.807, 2.05) is 32.9 Å². The minimum atomic E-state index is -0.777. The Hall–Kier alpha value is -3.57. The van der Waals surface area contributed by atoms with Crippen LogP contribution in [0.2, 0.25) is 5.02 Å². The summed E-state index contributed by atoms with van der Waals surface area (Å²) in [4.78, 5) is 60.0. The van der Waals surface area contributed by atoms with Gasteiger partial charge in [-0.1, -0.05) is 18.5 Å². The fourth-order valence-corrected chi connectivity index (χ4v) is 6.00. The monoisotopic (exact) mass is 540 g/mol. The molecule has 3 aromatic rings. The maximum absolute atomic E-state index is 12.9. The molecule has 1 saturated heterocycles. The van der Waals surface area contributed by atoms with Gasteiger partial charge in [-0.15, -0.1) is 11.3 Å². The van der Waals surface area contributed by atoms with Crippen LogP contribution in [0.3, 0.4) is 0 Å². The number of fused-ring (bicyclic) bond motifs is 2. The number of rotatable bonds is 5. The van der Waals surface area contributed by atoms with E-state index < -0.39 is 23.5 Å². The largest absolute Gasteiger partial charge is 0.326 e. The molecule has 5 amide bonds. The third kappa shape index (κ3) is 4.76. The lowest BCUT2D eigenvalue weighted by Gasteiger charge is -2.29. The molecule has 1 aromatic carbocycles. The summed E-state index contributed by atoms with van der Waals surface area (Å²) in [6.07, 6.45) is 1.24. The number of urea groups is 1. The highest BCUT2D eigenvalue weighted by Crippen LogP contribution is 2.34. The molecule has 4 heterocycles. The molecule has 3 N–H and O–H groups in total. The Morgan fingerprint density at radius 1 is 1.24 bits per heavy atom. The highest BCUT2D eigenvalue weighted by atomic mass is 35.5. The van der Waals surface area contributed by atoms with Crippen LogP contribution in [-0.4, -0.2) is 44.7 Å². The van der Waals surface area contributed by atoms with E-state index in [1.54, 1.807) is 12.1 Å². The third-order valence-electron chi connectivity index (χ3n) is 6.49. The Morgan fingerprint density at radius 2 is 2.03 bits per heavy atom. The number of carbonyl (C=O) groups is 4. The molecular weight excluding hydrogens is 516 g/mol. The Labute approximate surface area is 221 Å². The first kappa shape index (κ1) is 25.1. The van der Waals surface area contributed by atoms with Crippen molar-refractivity contribution in [2.45, 2.75) is 58.2 Å². The van der Waals surface area contributed by atoms with Gasteiger partial charge in [0.2, 0.25) is 11.8 Å². The fraction of sp³-hybridized carbons (Fsp3) is 0.360. The predicted octanol–water partition coefficient (Wildman–Crippen LogP) is 3.72. The van der Waals surface area contributed by atoms with Crippen LogP contribution in [0.25, 0.3) is 10.2 Å². The first-order chi connectivity index (χ1) is 17.6. The maximum atomic E-state index is 12.9. The third-order valence-corrected chi connectivity index (χ3v) is 8.04. The van der Waals surface area contributed by atoms with Crippen LogP contribution in [0.15, 0.2) is 24.3 Å². The second kappa shape index (κ2) is 9.38. The van der Waals surface area contributed by atoms with Crippen molar-refractivity contribution in [3.63, 3.8) is 0 Å². The van der Waals surface area contributed by atoms with Crippen LogP contribution in [0.1, 0.15) is 60.2 Å². The summed E-state index contributed by atoms with van der Waals surface area (Å²) in [5.41, 5.74) is 1.99. The van der Waals surface area contributed by atoms with Crippen LogP contribution in [0, 0.1) is 0 Å². The number of nitrogens with one attached hydrogen (secondary N) is 3. The molecule has 0 radical (unpaired) electrons. The van der Waals surface area contributed by atoms with Crippen molar-refractivity contribution < 1.29 is 19.2 Å². The first-order valence-electron chi connectivity index (χ1n) is 11.9. The van der Waals surface area contributed by atoms with Gasteiger partial charge in [-0.25, -0.2) is 14.8 Å². The summed E-state index contributed by atoms with van der Waals surface area (Å²) in [7, 11) is 0. The standard InChI is InChI=1S/C25H25ClN6O4S/c1-4-12-9-13(26)10-17-20(12)30-23(37-17)25(2,3)31-24(36)28-18-7-5-14-15(27-18)11-32(22(14)35)16-6-8-19(33)29-21(16)34/h5,7,9-10,16H,4,6,8,11H2,1-3H3,(H,29,33,34)(H2,27,28,31,36). The van der Waals surface area contributed by atoms with Gasteiger partial charge in [0.25, 0.3) is 5.91 Å². The quantitative estimate of drug-likeness (QED) is 0.422. The molecule has 12 heteroatoms. The average molecular weight is 541 g/mol. The van der Waals surface area contributed by atoms with Crippen molar-refractivity contribution in [1.82, 2.24) is 25.5 Å². The molecular formula is C25H25ClN6O4S. The van der Waals surface area contributed by atoms with Gasteiger partial charge in [-0.2, -0.15) is 0 Å². The van der Waals surface area contributed by atoms with Crippen molar-refractivity contribution in [2.24, 2.45) is 0 Å². The van der Waals surface area contributed by atoms with Gasteiger partial charge >= 0.3 is 6.03 Å². The van der Waals surface area contributed by atoms with E-state index >= 15 is 0 Å². The van der Waals surface area contributed by atoms with Gasteiger partial charge in [0.15, 0.2) is 0 Å². The van der Waals surface area contributed by atoms with Crippen molar-refractivity contribution in [1.29, 1.82) is 0 Å². The topological polar surface area (TPSA) is 133 Å². The normalized spacial score (nSPS) is 17.7. The lowest BCUT2D eigenvalue weighted by Crippen LogP contribution is -2.52. The van der Waals surface area contributed by atoms with Gasteiger partial charge in [-0.05, 0) is 56.5 Å².